The second-order valence-corrected chi connectivity index (χ2v) is 5.66. The second kappa shape index (κ2) is 7.75. The second-order valence-electron chi connectivity index (χ2n) is 4.28. The van der Waals surface area contributed by atoms with E-state index in [1.807, 2.05) is 0 Å². The number of amides is 2. The van der Waals surface area contributed by atoms with Crippen LogP contribution in [0.5, 0.6) is 5.75 Å². The quantitative estimate of drug-likeness (QED) is 0.835. The maximum Gasteiger partial charge on any atom is 0.342 e. The monoisotopic (exact) mass is 353 g/mol. The summed E-state index contributed by atoms with van der Waals surface area (Å²) >= 11 is 7.02. The first kappa shape index (κ1) is 17.0. The van der Waals surface area contributed by atoms with Crippen LogP contribution in [0.1, 0.15) is 20.0 Å². The lowest BCUT2D eigenvalue weighted by atomic mass is 10.2. The van der Waals surface area contributed by atoms with Crippen LogP contribution in [0.25, 0.3) is 0 Å². The van der Waals surface area contributed by atoms with Crippen molar-refractivity contribution < 1.29 is 23.9 Å². The molecule has 2 amide bonds. The maximum absolute atomic E-state index is 12.0. The molecule has 0 aliphatic carbocycles. The van der Waals surface area contributed by atoms with E-state index < -0.39 is 24.4 Å². The normalized spacial score (nSPS) is 10.0. The van der Waals surface area contributed by atoms with Gasteiger partial charge in [-0.2, -0.15) is 0 Å². The molecule has 8 heteroatoms. The number of halogens is 1. The first-order valence-corrected chi connectivity index (χ1v) is 7.65. The molecule has 1 aromatic carbocycles. The van der Waals surface area contributed by atoms with E-state index in [2.05, 4.69) is 5.32 Å². The van der Waals surface area contributed by atoms with Crippen LogP contribution in [0.2, 0.25) is 5.02 Å². The summed E-state index contributed by atoms with van der Waals surface area (Å²) in [6.07, 6.45) is 0. The first-order chi connectivity index (χ1) is 11.0. The van der Waals surface area contributed by atoms with Gasteiger partial charge in [-0.3, -0.25) is 14.9 Å². The van der Waals surface area contributed by atoms with Gasteiger partial charge in [0.25, 0.3) is 11.8 Å². The summed E-state index contributed by atoms with van der Waals surface area (Å²) < 4.78 is 9.90. The fourth-order valence-corrected chi connectivity index (χ4v) is 2.47. The Hall–Kier alpha value is -2.38. The molecule has 1 N–H and O–H groups in total. The van der Waals surface area contributed by atoms with Crippen molar-refractivity contribution >= 4 is 40.7 Å². The first-order valence-electron chi connectivity index (χ1n) is 6.39. The average Bonchev–Trinajstić information content (AvgIpc) is 3.07. The predicted molar refractivity (Wildman–Crippen MR) is 85.1 cm³/mol. The standard InChI is InChI=1S/C15H12ClNO5S/c1-21-11-5-4-9(16)7-10(11)15(20)22-8-13(18)17-14(19)12-3-2-6-23-12/h2-7H,8H2,1H3,(H,17,18,19). The lowest BCUT2D eigenvalue weighted by Gasteiger charge is -2.09. The Labute approximate surface area is 141 Å². The zero-order chi connectivity index (χ0) is 16.8. The van der Waals surface area contributed by atoms with Crippen molar-refractivity contribution in [3.8, 4) is 5.75 Å². The van der Waals surface area contributed by atoms with Crippen LogP contribution in [-0.4, -0.2) is 31.5 Å². The van der Waals surface area contributed by atoms with Crippen LogP contribution in [-0.2, 0) is 9.53 Å². The number of imide groups is 1. The molecule has 120 valence electrons. The molecule has 2 rings (SSSR count). The Morgan fingerprint density at radius 3 is 2.70 bits per heavy atom. The zero-order valence-corrected chi connectivity index (χ0v) is 13.6. The molecule has 1 aromatic heterocycles. The van der Waals surface area contributed by atoms with Gasteiger partial charge in [-0.25, -0.2) is 4.79 Å². The van der Waals surface area contributed by atoms with Crippen molar-refractivity contribution in [3.05, 3.63) is 51.2 Å². The van der Waals surface area contributed by atoms with E-state index in [0.29, 0.717) is 9.90 Å². The summed E-state index contributed by atoms with van der Waals surface area (Å²) in [5, 5.41) is 4.17. The number of hydrogen-bond donors (Lipinski definition) is 1. The van der Waals surface area contributed by atoms with Gasteiger partial charge in [-0.1, -0.05) is 17.7 Å². The highest BCUT2D eigenvalue weighted by atomic mass is 35.5. The molecule has 0 fully saturated rings. The topological polar surface area (TPSA) is 81.7 Å². The molecule has 0 atom stereocenters. The Morgan fingerprint density at radius 1 is 1.26 bits per heavy atom. The number of esters is 1. The van der Waals surface area contributed by atoms with Gasteiger partial charge in [0, 0.05) is 5.02 Å². The molecule has 0 saturated carbocycles. The number of carbonyl (C=O) groups excluding carboxylic acids is 3. The Morgan fingerprint density at radius 2 is 2.04 bits per heavy atom. The van der Waals surface area contributed by atoms with Gasteiger partial charge in [-0.15, -0.1) is 11.3 Å². The molecular formula is C15H12ClNO5S. The minimum Gasteiger partial charge on any atom is -0.496 e. The number of nitrogens with one attached hydrogen (secondary N) is 1. The molecule has 0 bridgehead atoms. The van der Waals surface area contributed by atoms with Crippen molar-refractivity contribution in [1.82, 2.24) is 5.32 Å². The van der Waals surface area contributed by atoms with E-state index in [9.17, 15) is 14.4 Å². The summed E-state index contributed by atoms with van der Waals surface area (Å²) in [7, 11) is 1.40. The van der Waals surface area contributed by atoms with Crippen LogP contribution >= 0.6 is 22.9 Å². The van der Waals surface area contributed by atoms with Gasteiger partial charge in [0.2, 0.25) is 0 Å². The highest BCUT2D eigenvalue weighted by molar-refractivity contribution is 7.12. The largest absolute Gasteiger partial charge is 0.496 e. The summed E-state index contributed by atoms with van der Waals surface area (Å²) in [6.45, 7) is -0.592. The van der Waals surface area contributed by atoms with E-state index in [-0.39, 0.29) is 11.3 Å². The number of hydrogen-bond acceptors (Lipinski definition) is 6. The smallest absolute Gasteiger partial charge is 0.342 e. The minimum absolute atomic E-state index is 0.0948. The molecule has 0 aliphatic heterocycles. The van der Waals surface area contributed by atoms with Crippen LogP contribution in [0, 0.1) is 0 Å². The number of carbonyl (C=O) groups is 3. The Bertz CT molecular complexity index is 729. The summed E-state index contributed by atoms with van der Waals surface area (Å²) in [4.78, 5) is 35.7. The van der Waals surface area contributed by atoms with Crippen molar-refractivity contribution in [2.24, 2.45) is 0 Å². The van der Waals surface area contributed by atoms with E-state index in [4.69, 9.17) is 21.1 Å². The number of methoxy groups -OCH3 is 1. The molecule has 1 heterocycles. The van der Waals surface area contributed by atoms with Gasteiger partial charge in [-0.05, 0) is 29.6 Å². The predicted octanol–water partition coefficient (Wildman–Crippen LogP) is 2.52. The van der Waals surface area contributed by atoms with Gasteiger partial charge in [0.05, 0.1) is 12.0 Å². The average molecular weight is 354 g/mol. The van der Waals surface area contributed by atoms with Crippen LogP contribution in [0.4, 0.5) is 0 Å². The van der Waals surface area contributed by atoms with Crippen molar-refractivity contribution in [2.45, 2.75) is 0 Å². The molecule has 23 heavy (non-hydrogen) atoms. The molecular weight excluding hydrogens is 342 g/mol. The van der Waals surface area contributed by atoms with Crippen LogP contribution in [0.15, 0.2) is 35.7 Å². The van der Waals surface area contributed by atoms with Gasteiger partial charge in [0.15, 0.2) is 6.61 Å². The third kappa shape index (κ3) is 4.54. The molecule has 6 nitrogen and oxygen atoms in total. The van der Waals surface area contributed by atoms with Crippen LogP contribution in [0.3, 0.4) is 0 Å². The Kier molecular flexibility index (Phi) is 5.72. The van der Waals surface area contributed by atoms with Gasteiger partial charge in [0.1, 0.15) is 11.3 Å². The SMILES string of the molecule is COc1ccc(Cl)cc1C(=O)OCC(=O)NC(=O)c1cccs1. The summed E-state index contributed by atoms with van der Waals surface area (Å²) in [5.74, 6) is -1.77. The van der Waals surface area contributed by atoms with E-state index in [0.717, 1.165) is 0 Å². The molecule has 0 radical (unpaired) electrons. The molecule has 0 unspecified atom stereocenters. The lowest BCUT2D eigenvalue weighted by molar-refractivity contribution is -0.123. The van der Waals surface area contributed by atoms with Crippen molar-refractivity contribution in [3.63, 3.8) is 0 Å². The maximum atomic E-state index is 12.0. The number of rotatable bonds is 5. The Balaban J connectivity index is 1.93. The highest BCUT2D eigenvalue weighted by Gasteiger charge is 2.17. The third-order valence-electron chi connectivity index (χ3n) is 2.71. The minimum atomic E-state index is -0.775. The summed E-state index contributed by atoms with van der Waals surface area (Å²) in [6, 6.07) is 7.71. The van der Waals surface area contributed by atoms with Crippen molar-refractivity contribution in [1.29, 1.82) is 0 Å². The molecule has 0 spiro atoms. The lowest BCUT2D eigenvalue weighted by Crippen LogP contribution is -2.33. The number of thiophene rings is 1. The molecule has 0 aliphatic rings. The number of ether oxygens (including phenoxy) is 2. The molecule has 0 saturated heterocycles. The fourth-order valence-electron chi connectivity index (χ4n) is 1.68. The van der Waals surface area contributed by atoms with E-state index in [1.165, 1.54) is 30.6 Å². The highest BCUT2D eigenvalue weighted by Crippen LogP contribution is 2.23. The van der Waals surface area contributed by atoms with Crippen molar-refractivity contribution in [2.75, 3.05) is 13.7 Å². The number of benzene rings is 1. The fraction of sp³-hybridized carbons (Fsp3) is 0.133. The zero-order valence-electron chi connectivity index (χ0n) is 12.0. The third-order valence-corrected chi connectivity index (χ3v) is 3.82. The van der Waals surface area contributed by atoms with E-state index >= 15 is 0 Å². The summed E-state index contributed by atoms with van der Waals surface area (Å²) in [5.41, 5.74) is 0.0948. The molecule has 2 aromatic rings. The van der Waals surface area contributed by atoms with Gasteiger partial charge >= 0.3 is 5.97 Å². The van der Waals surface area contributed by atoms with E-state index in [1.54, 1.807) is 23.6 Å². The van der Waals surface area contributed by atoms with Gasteiger partial charge < -0.3 is 9.47 Å². The van der Waals surface area contributed by atoms with Crippen LogP contribution < -0.4 is 10.1 Å².